The van der Waals surface area contributed by atoms with Gasteiger partial charge in [-0.05, 0) is 47.9 Å². The van der Waals surface area contributed by atoms with Crippen LogP contribution in [0.2, 0.25) is 0 Å². The van der Waals surface area contributed by atoms with E-state index in [1.54, 1.807) is 29.3 Å². The van der Waals surface area contributed by atoms with E-state index in [1.165, 1.54) is 0 Å². The van der Waals surface area contributed by atoms with Crippen molar-refractivity contribution in [3.8, 4) is 0 Å². The molecule has 1 amide bonds. The summed E-state index contributed by atoms with van der Waals surface area (Å²) < 4.78 is 5.88. The van der Waals surface area contributed by atoms with Gasteiger partial charge in [0.15, 0.2) is 0 Å². The first-order valence-electron chi connectivity index (χ1n) is 13.4. The van der Waals surface area contributed by atoms with Crippen LogP contribution < -0.4 is 5.43 Å². The molecule has 7 heteroatoms. The fraction of sp³-hybridized carbons (Fsp3) is 0.344. The third kappa shape index (κ3) is 8.74. The molecule has 7 nitrogen and oxygen atoms in total. The van der Waals surface area contributed by atoms with Crippen LogP contribution in [0.15, 0.2) is 91.0 Å². The zero-order chi connectivity index (χ0) is 28.2. The third-order valence-corrected chi connectivity index (χ3v) is 6.59. The molecule has 39 heavy (non-hydrogen) atoms. The first-order valence-corrected chi connectivity index (χ1v) is 13.4. The molecule has 0 aliphatic carbocycles. The second-order valence-electron chi connectivity index (χ2n) is 10.3. The summed E-state index contributed by atoms with van der Waals surface area (Å²) >= 11 is 0. The number of rotatable bonds is 13. The van der Waals surface area contributed by atoms with Gasteiger partial charge in [-0.15, -0.1) is 0 Å². The molecular formula is C32H38N4O3. The maximum Gasteiger partial charge on any atom is 0.419 e. The van der Waals surface area contributed by atoms with Crippen LogP contribution >= 0.6 is 0 Å². The molecule has 0 spiro atoms. The Morgan fingerprint density at radius 2 is 1.33 bits per heavy atom. The smallest absolute Gasteiger partial charge is 0.419 e. The van der Waals surface area contributed by atoms with E-state index in [-0.39, 0.29) is 36.1 Å². The highest BCUT2D eigenvalue weighted by atomic mass is 16.5. The van der Waals surface area contributed by atoms with Gasteiger partial charge < -0.3 is 10.3 Å². The summed E-state index contributed by atoms with van der Waals surface area (Å²) in [6, 6.07) is 27.6. The topological polar surface area (TPSA) is 95.0 Å². The Bertz CT molecular complexity index is 1230. The number of nitrogens with zero attached hydrogens (tertiary/aromatic N) is 3. The molecule has 0 aliphatic rings. The molecule has 1 unspecified atom stereocenters. The van der Waals surface area contributed by atoms with Gasteiger partial charge >= 0.3 is 11.7 Å². The lowest BCUT2D eigenvalue weighted by molar-refractivity contribution is -0.151. The summed E-state index contributed by atoms with van der Waals surface area (Å²) in [7, 11) is 0. The highest BCUT2D eigenvalue weighted by Crippen LogP contribution is 2.19. The van der Waals surface area contributed by atoms with Gasteiger partial charge in [-0.1, -0.05) is 107 Å². The Hall–Kier alpha value is -4.06. The van der Waals surface area contributed by atoms with Gasteiger partial charge in [-0.3, -0.25) is 10.2 Å². The average molecular weight is 527 g/mol. The van der Waals surface area contributed by atoms with Crippen molar-refractivity contribution < 1.29 is 19.1 Å². The van der Waals surface area contributed by atoms with Crippen molar-refractivity contribution in [2.24, 2.45) is 11.8 Å². The summed E-state index contributed by atoms with van der Waals surface area (Å²) in [6.07, 6.45) is 0.627. The zero-order valence-electron chi connectivity index (χ0n) is 23.2. The summed E-state index contributed by atoms with van der Waals surface area (Å²) in [4.78, 5) is 30.3. The minimum atomic E-state index is -0.768. The van der Waals surface area contributed by atoms with Gasteiger partial charge in [0.05, 0.1) is 0 Å². The van der Waals surface area contributed by atoms with Crippen LogP contribution in [-0.4, -0.2) is 39.5 Å². The number of hydrazine groups is 1. The van der Waals surface area contributed by atoms with Crippen molar-refractivity contribution in [2.45, 2.75) is 59.2 Å². The molecule has 0 saturated carbocycles. The van der Waals surface area contributed by atoms with E-state index in [9.17, 15) is 15.1 Å². The number of benzene rings is 3. The number of esters is 1. The molecule has 0 aromatic heterocycles. The molecule has 1 N–H and O–H groups in total. The van der Waals surface area contributed by atoms with Crippen LogP contribution in [0.25, 0.3) is 5.53 Å². The van der Waals surface area contributed by atoms with E-state index in [0.717, 1.165) is 11.1 Å². The van der Waals surface area contributed by atoms with Gasteiger partial charge in [0.2, 0.25) is 0 Å². The Morgan fingerprint density at radius 3 is 1.85 bits per heavy atom. The maximum atomic E-state index is 13.5. The van der Waals surface area contributed by atoms with Crippen LogP contribution in [0, 0.1) is 11.8 Å². The molecule has 1 atom stereocenters. The molecule has 0 bridgehead atoms. The fourth-order valence-electron chi connectivity index (χ4n) is 4.65. The number of carbonyl (C=O) groups excluding carboxylic acids is 2. The maximum absolute atomic E-state index is 13.5. The molecule has 204 valence electrons. The summed E-state index contributed by atoms with van der Waals surface area (Å²) in [5.74, 6) is -0.871. The number of ether oxygens (including phenoxy) is 1. The van der Waals surface area contributed by atoms with E-state index in [1.807, 2.05) is 94.4 Å². The highest BCUT2D eigenvalue weighted by molar-refractivity contribution is 6.36. The Balaban J connectivity index is 1.99. The number of nitrogens with one attached hydrogen (secondary N) is 1. The molecule has 3 aromatic rings. The lowest BCUT2D eigenvalue weighted by Crippen LogP contribution is -2.54. The van der Waals surface area contributed by atoms with E-state index in [2.05, 4.69) is 10.2 Å². The normalized spacial score (nSPS) is 11.9. The van der Waals surface area contributed by atoms with E-state index in [4.69, 9.17) is 4.74 Å². The lowest BCUT2D eigenvalue weighted by Gasteiger charge is -2.30. The number of amides is 1. The summed E-state index contributed by atoms with van der Waals surface area (Å²) in [5.41, 5.74) is 15.5. The van der Waals surface area contributed by atoms with Crippen molar-refractivity contribution in [2.75, 3.05) is 0 Å². The Morgan fingerprint density at radius 1 is 0.821 bits per heavy atom. The largest absolute Gasteiger partial charge is 0.453 e. The summed E-state index contributed by atoms with van der Waals surface area (Å²) in [6.45, 7) is 8.23. The van der Waals surface area contributed by atoms with Crippen LogP contribution in [0.4, 0.5) is 0 Å². The van der Waals surface area contributed by atoms with Crippen LogP contribution in [-0.2, 0) is 22.5 Å². The van der Waals surface area contributed by atoms with Crippen LogP contribution in [0.5, 0.6) is 0 Å². The second kappa shape index (κ2) is 14.8. The second-order valence-corrected chi connectivity index (χ2v) is 10.3. The van der Waals surface area contributed by atoms with Crippen molar-refractivity contribution >= 4 is 17.6 Å². The standard InChI is InChI=1S/C32H38N4O3/c1-23(2)30(24(3)4)39-32(38)29(34-33)28(21-20-25-14-8-5-9-15-25)36(22-26-16-10-6-11-17-26)35-31(37)27-18-12-7-13-19-27/h5-19,23-24,28,30H,20-22H2,1-4H3,(H,35,37). The van der Waals surface area contributed by atoms with Gasteiger partial charge in [-0.25, -0.2) is 9.80 Å². The molecule has 0 radical (unpaired) electrons. The van der Waals surface area contributed by atoms with E-state index in [0.29, 0.717) is 18.4 Å². The van der Waals surface area contributed by atoms with Gasteiger partial charge in [-0.2, -0.15) is 4.79 Å². The van der Waals surface area contributed by atoms with Gasteiger partial charge in [0.1, 0.15) is 12.1 Å². The molecule has 3 rings (SSSR count). The predicted molar refractivity (Wildman–Crippen MR) is 153 cm³/mol. The minimum absolute atomic E-state index is 0.0786. The SMILES string of the molecule is CC(C)C(OC(=O)C(=[N+]=[N-])C(CCc1ccccc1)N(Cc1ccccc1)NC(=O)c1ccccc1)C(C)C. The van der Waals surface area contributed by atoms with E-state index < -0.39 is 12.0 Å². The highest BCUT2D eigenvalue weighted by Gasteiger charge is 2.40. The minimum Gasteiger partial charge on any atom is -0.453 e. The van der Waals surface area contributed by atoms with Gasteiger partial charge in [0, 0.05) is 12.1 Å². The molecule has 0 fully saturated rings. The third-order valence-electron chi connectivity index (χ3n) is 6.59. The Labute approximate surface area is 231 Å². The van der Waals surface area contributed by atoms with Crippen LogP contribution in [0.1, 0.15) is 55.6 Å². The monoisotopic (exact) mass is 526 g/mol. The summed E-state index contributed by atoms with van der Waals surface area (Å²) in [5, 5.41) is 1.67. The van der Waals surface area contributed by atoms with Crippen LogP contribution in [0.3, 0.4) is 0 Å². The molecule has 3 aromatic carbocycles. The molecule has 0 saturated heterocycles. The first-order chi connectivity index (χ1) is 18.8. The Kier molecular flexibility index (Phi) is 11.2. The lowest BCUT2D eigenvalue weighted by atomic mass is 9.96. The first kappa shape index (κ1) is 29.5. The van der Waals surface area contributed by atoms with Crippen molar-refractivity contribution in [1.29, 1.82) is 0 Å². The quantitative estimate of drug-likeness (QED) is 0.101. The predicted octanol–water partition coefficient (Wildman–Crippen LogP) is 5.73. The number of carbonyl (C=O) groups is 2. The number of aryl methyl sites for hydroxylation is 1. The fourth-order valence-corrected chi connectivity index (χ4v) is 4.65. The number of hydrogen-bond acceptors (Lipinski definition) is 4. The zero-order valence-corrected chi connectivity index (χ0v) is 23.2. The molecular weight excluding hydrogens is 488 g/mol. The van der Waals surface area contributed by atoms with Crippen molar-refractivity contribution in [3.63, 3.8) is 0 Å². The molecule has 0 heterocycles. The van der Waals surface area contributed by atoms with Crippen molar-refractivity contribution in [3.05, 3.63) is 113 Å². The van der Waals surface area contributed by atoms with E-state index >= 15 is 0 Å². The average Bonchev–Trinajstić information content (AvgIpc) is 2.94. The number of hydrogen-bond donors (Lipinski definition) is 1. The van der Waals surface area contributed by atoms with Gasteiger partial charge in [0.25, 0.3) is 5.91 Å². The molecule has 0 aliphatic heterocycles. The van der Waals surface area contributed by atoms with Crippen molar-refractivity contribution in [1.82, 2.24) is 10.4 Å².